The van der Waals surface area contributed by atoms with E-state index in [0.717, 1.165) is 25.0 Å². The highest BCUT2D eigenvalue weighted by atomic mass is 35.5. The molecule has 150 valence electrons. The maximum absolute atomic E-state index is 13.3. The number of piperidine rings is 1. The molecular weight excluding hydrogens is 410 g/mol. The first-order valence-corrected chi connectivity index (χ1v) is 10.6. The zero-order chi connectivity index (χ0) is 20.5. The summed E-state index contributed by atoms with van der Waals surface area (Å²) in [5.41, 5.74) is -0.0654. The highest BCUT2D eigenvalue weighted by Gasteiger charge is 2.31. The Hall–Kier alpha value is -2.03. The summed E-state index contributed by atoms with van der Waals surface area (Å²) in [5.74, 6) is -2.15. The summed E-state index contributed by atoms with van der Waals surface area (Å²) in [4.78, 5) is 12.3. The quantitative estimate of drug-likeness (QED) is 0.789. The van der Waals surface area contributed by atoms with Crippen LogP contribution in [0.25, 0.3) is 0 Å². The fraction of sp³-hybridized carbons (Fsp3) is 0.316. The average Bonchev–Trinajstić information content (AvgIpc) is 2.61. The molecule has 28 heavy (non-hydrogen) atoms. The van der Waals surface area contributed by atoms with E-state index in [2.05, 4.69) is 5.32 Å². The maximum atomic E-state index is 13.3. The lowest BCUT2D eigenvalue weighted by molar-refractivity contribution is 0.102. The first-order chi connectivity index (χ1) is 13.2. The van der Waals surface area contributed by atoms with Crippen LogP contribution in [0.5, 0.6) is 0 Å². The van der Waals surface area contributed by atoms with Gasteiger partial charge in [0.05, 0.1) is 5.02 Å². The van der Waals surface area contributed by atoms with Crippen LogP contribution in [0.15, 0.2) is 41.3 Å². The number of anilines is 1. The standard InChI is InChI=1S/C19H19ClF2N2O3S/c1-12-3-2-6-24(11-12)28(26,27)18-7-13(4-5-17(18)20)19(25)23-16-9-14(21)8-15(22)10-16/h4-5,7-10,12H,2-3,6,11H2,1H3,(H,23,25). The molecule has 1 aliphatic heterocycles. The number of amides is 1. The van der Waals surface area contributed by atoms with Crippen molar-refractivity contribution in [2.45, 2.75) is 24.7 Å². The molecule has 0 aromatic heterocycles. The molecular formula is C19H19ClF2N2O3S. The molecule has 1 N–H and O–H groups in total. The lowest BCUT2D eigenvalue weighted by Crippen LogP contribution is -2.39. The van der Waals surface area contributed by atoms with E-state index in [1.807, 2.05) is 6.92 Å². The molecule has 2 aromatic carbocycles. The minimum Gasteiger partial charge on any atom is -0.322 e. The van der Waals surface area contributed by atoms with Gasteiger partial charge in [-0.3, -0.25) is 4.79 Å². The molecule has 1 heterocycles. The fourth-order valence-electron chi connectivity index (χ4n) is 3.18. The van der Waals surface area contributed by atoms with Gasteiger partial charge in [0.15, 0.2) is 0 Å². The van der Waals surface area contributed by atoms with Gasteiger partial charge in [0.1, 0.15) is 16.5 Å². The fourth-order valence-corrected chi connectivity index (χ4v) is 5.27. The van der Waals surface area contributed by atoms with E-state index in [0.29, 0.717) is 19.2 Å². The van der Waals surface area contributed by atoms with Crippen molar-refractivity contribution in [3.8, 4) is 0 Å². The summed E-state index contributed by atoms with van der Waals surface area (Å²) in [5, 5.41) is 2.36. The number of hydrogen-bond donors (Lipinski definition) is 1. The lowest BCUT2D eigenvalue weighted by Gasteiger charge is -2.30. The topological polar surface area (TPSA) is 66.5 Å². The molecule has 1 unspecified atom stereocenters. The minimum absolute atomic E-state index is 0.00609. The van der Waals surface area contributed by atoms with Crippen molar-refractivity contribution >= 4 is 33.2 Å². The number of benzene rings is 2. The maximum Gasteiger partial charge on any atom is 0.255 e. The Morgan fingerprint density at radius 2 is 1.86 bits per heavy atom. The van der Waals surface area contributed by atoms with Gasteiger partial charge in [-0.2, -0.15) is 4.31 Å². The molecule has 0 bridgehead atoms. The van der Waals surface area contributed by atoms with Crippen molar-refractivity contribution in [1.82, 2.24) is 4.31 Å². The van der Waals surface area contributed by atoms with E-state index in [9.17, 15) is 22.0 Å². The van der Waals surface area contributed by atoms with Crippen LogP contribution in [-0.4, -0.2) is 31.7 Å². The molecule has 1 amide bonds. The first-order valence-electron chi connectivity index (χ1n) is 8.74. The van der Waals surface area contributed by atoms with E-state index in [1.54, 1.807) is 0 Å². The number of nitrogens with zero attached hydrogens (tertiary/aromatic N) is 1. The molecule has 0 aliphatic carbocycles. The number of hydrogen-bond acceptors (Lipinski definition) is 3. The second-order valence-electron chi connectivity index (χ2n) is 6.87. The average molecular weight is 429 g/mol. The van der Waals surface area contributed by atoms with Crippen LogP contribution in [0.1, 0.15) is 30.1 Å². The Bertz CT molecular complexity index is 994. The molecule has 5 nitrogen and oxygen atoms in total. The summed E-state index contributed by atoms with van der Waals surface area (Å²) in [6.07, 6.45) is 1.70. The van der Waals surface area contributed by atoms with Crippen molar-refractivity contribution in [3.63, 3.8) is 0 Å². The van der Waals surface area contributed by atoms with Crippen molar-refractivity contribution in [2.75, 3.05) is 18.4 Å². The zero-order valence-corrected chi connectivity index (χ0v) is 16.7. The molecule has 9 heteroatoms. The summed E-state index contributed by atoms with van der Waals surface area (Å²) in [6.45, 7) is 2.75. The summed E-state index contributed by atoms with van der Waals surface area (Å²) in [6, 6.07) is 6.46. The van der Waals surface area contributed by atoms with Gasteiger partial charge < -0.3 is 5.32 Å². The minimum atomic E-state index is -3.87. The summed E-state index contributed by atoms with van der Waals surface area (Å²) >= 11 is 6.11. The van der Waals surface area contributed by atoms with Gasteiger partial charge in [0, 0.05) is 30.4 Å². The Morgan fingerprint density at radius 3 is 2.50 bits per heavy atom. The van der Waals surface area contributed by atoms with Gasteiger partial charge in [-0.15, -0.1) is 0 Å². The molecule has 0 spiro atoms. The zero-order valence-electron chi connectivity index (χ0n) is 15.1. The van der Waals surface area contributed by atoms with Crippen LogP contribution in [0.3, 0.4) is 0 Å². The number of sulfonamides is 1. The van der Waals surface area contributed by atoms with E-state index in [4.69, 9.17) is 11.6 Å². The Kier molecular flexibility index (Phi) is 6.02. The number of rotatable bonds is 4. The van der Waals surface area contributed by atoms with Gasteiger partial charge in [-0.1, -0.05) is 18.5 Å². The van der Waals surface area contributed by atoms with Crippen LogP contribution >= 0.6 is 11.6 Å². The highest BCUT2D eigenvalue weighted by molar-refractivity contribution is 7.89. The number of halogens is 3. The predicted molar refractivity (Wildman–Crippen MR) is 103 cm³/mol. The van der Waals surface area contributed by atoms with Crippen LogP contribution < -0.4 is 5.32 Å². The molecule has 3 rings (SSSR count). The van der Waals surface area contributed by atoms with Crippen LogP contribution in [0, 0.1) is 17.6 Å². The second kappa shape index (κ2) is 8.14. The lowest BCUT2D eigenvalue weighted by atomic mass is 10.0. The highest BCUT2D eigenvalue weighted by Crippen LogP contribution is 2.29. The Labute approximate surface area is 167 Å². The molecule has 1 atom stereocenters. The first kappa shape index (κ1) is 20.7. The van der Waals surface area contributed by atoms with E-state index in [1.165, 1.54) is 22.5 Å². The predicted octanol–water partition coefficient (Wildman–Crippen LogP) is 4.29. The largest absolute Gasteiger partial charge is 0.322 e. The van der Waals surface area contributed by atoms with E-state index < -0.39 is 27.6 Å². The molecule has 1 saturated heterocycles. The van der Waals surface area contributed by atoms with Crippen molar-refractivity contribution in [1.29, 1.82) is 0 Å². The Balaban J connectivity index is 1.89. The normalized spacial score (nSPS) is 18.1. The third-order valence-electron chi connectivity index (χ3n) is 4.55. The molecule has 1 aliphatic rings. The Morgan fingerprint density at radius 1 is 1.18 bits per heavy atom. The van der Waals surface area contributed by atoms with Crippen LogP contribution in [-0.2, 0) is 10.0 Å². The van der Waals surface area contributed by atoms with Gasteiger partial charge in [-0.25, -0.2) is 17.2 Å². The molecule has 2 aromatic rings. The second-order valence-corrected chi connectivity index (χ2v) is 9.18. The number of nitrogens with one attached hydrogen (secondary N) is 1. The third-order valence-corrected chi connectivity index (χ3v) is 6.90. The van der Waals surface area contributed by atoms with Gasteiger partial charge >= 0.3 is 0 Å². The van der Waals surface area contributed by atoms with Crippen LogP contribution in [0.4, 0.5) is 14.5 Å². The van der Waals surface area contributed by atoms with E-state index >= 15 is 0 Å². The van der Waals surface area contributed by atoms with E-state index in [-0.39, 0.29) is 27.1 Å². The SMILES string of the molecule is CC1CCCN(S(=O)(=O)c2cc(C(=O)Nc3cc(F)cc(F)c3)ccc2Cl)C1. The van der Waals surface area contributed by atoms with Gasteiger partial charge in [0.2, 0.25) is 10.0 Å². The smallest absolute Gasteiger partial charge is 0.255 e. The molecule has 0 saturated carbocycles. The number of carbonyl (C=O) groups is 1. The van der Waals surface area contributed by atoms with Gasteiger partial charge in [0.25, 0.3) is 5.91 Å². The molecule has 1 fully saturated rings. The summed E-state index contributed by atoms with van der Waals surface area (Å²) in [7, 11) is -3.87. The third kappa shape index (κ3) is 4.51. The number of carbonyl (C=O) groups excluding carboxylic acids is 1. The van der Waals surface area contributed by atoms with Gasteiger partial charge in [-0.05, 0) is 49.1 Å². The summed E-state index contributed by atoms with van der Waals surface area (Å²) < 4.78 is 53.9. The van der Waals surface area contributed by atoms with Crippen molar-refractivity contribution < 1.29 is 22.0 Å². The molecule has 0 radical (unpaired) electrons. The van der Waals surface area contributed by atoms with Crippen molar-refractivity contribution in [3.05, 3.63) is 58.6 Å². The monoisotopic (exact) mass is 428 g/mol. The van der Waals surface area contributed by atoms with Crippen LogP contribution in [0.2, 0.25) is 5.02 Å². The van der Waals surface area contributed by atoms with Crippen molar-refractivity contribution in [2.24, 2.45) is 5.92 Å².